The molecule has 0 saturated heterocycles. The highest BCUT2D eigenvalue weighted by atomic mass is 16.1. The van der Waals surface area contributed by atoms with Crippen LogP contribution in [-0.4, -0.2) is 30.2 Å². The van der Waals surface area contributed by atoms with Gasteiger partial charge in [-0.15, -0.1) is 0 Å². The SMILES string of the molecule is NC(=O)Cc1nc(C2(Cn3ccnc3)CC2)n(-c2cccc3c2CCC3)n1. The highest BCUT2D eigenvalue weighted by Gasteiger charge is 2.49. The van der Waals surface area contributed by atoms with E-state index in [1.54, 1.807) is 6.20 Å². The van der Waals surface area contributed by atoms with E-state index in [1.807, 2.05) is 17.2 Å². The van der Waals surface area contributed by atoms with Gasteiger partial charge in [-0.1, -0.05) is 12.1 Å². The Balaban J connectivity index is 1.62. The van der Waals surface area contributed by atoms with Crippen LogP contribution < -0.4 is 5.73 Å². The smallest absolute Gasteiger partial charge is 0.225 e. The van der Waals surface area contributed by atoms with Crippen LogP contribution in [0, 0.1) is 0 Å². The number of nitrogens with zero attached hydrogens (tertiary/aromatic N) is 5. The molecule has 7 nitrogen and oxygen atoms in total. The van der Waals surface area contributed by atoms with Crippen molar-refractivity contribution in [1.29, 1.82) is 0 Å². The minimum Gasteiger partial charge on any atom is -0.369 e. The second-order valence-corrected chi connectivity index (χ2v) is 7.69. The molecule has 1 fully saturated rings. The predicted molar refractivity (Wildman–Crippen MR) is 99.4 cm³/mol. The summed E-state index contributed by atoms with van der Waals surface area (Å²) in [5.41, 5.74) is 9.19. The summed E-state index contributed by atoms with van der Waals surface area (Å²) in [4.78, 5) is 20.4. The molecule has 1 saturated carbocycles. The average Bonchev–Trinajstić information content (AvgIpc) is 3.04. The van der Waals surface area contributed by atoms with E-state index >= 15 is 0 Å². The van der Waals surface area contributed by atoms with Crippen LogP contribution in [-0.2, 0) is 36.0 Å². The second kappa shape index (κ2) is 6.04. The van der Waals surface area contributed by atoms with Gasteiger partial charge in [-0.05, 0) is 49.3 Å². The maximum atomic E-state index is 11.5. The first-order valence-electron chi connectivity index (χ1n) is 9.46. The van der Waals surface area contributed by atoms with E-state index in [-0.39, 0.29) is 11.8 Å². The van der Waals surface area contributed by atoms with Crippen LogP contribution >= 0.6 is 0 Å². The number of rotatable bonds is 6. The van der Waals surface area contributed by atoms with Crippen LogP contribution in [0.15, 0.2) is 36.9 Å². The van der Waals surface area contributed by atoms with Crippen LogP contribution in [0.5, 0.6) is 0 Å². The minimum absolute atomic E-state index is 0.0646. The van der Waals surface area contributed by atoms with E-state index in [9.17, 15) is 4.79 Å². The second-order valence-electron chi connectivity index (χ2n) is 7.69. The molecule has 3 aromatic rings. The molecule has 0 bridgehead atoms. The fraction of sp³-hybridized carbons (Fsp3) is 0.400. The molecule has 1 amide bonds. The van der Waals surface area contributed by atoms with Gasteiger partial charge in [0.05, 0.1) is 18.4 Å². The zero-order valence-corrected chi connectivity index (χ0v) is 15.1. The maximum Gasteiger partial charge on any atom is 0.225 e. The summed E-state index contributed by atoms with van der Waals surface area (Å²) in [5, 5.41) is 4.71. The van der Waals surface area contributed by atoms with Gasteiger partial charge in [0.1, 0.15) is 5.82 Å². The van der Waals surface area contributed by atoms with Gasteiger partial charge in [0.25, 0.3) is 0 Å². The monoisotopic (exact) mass is 362 g/mol. The minimum atomic E-state index is -0.406. The van der Waals surface area contributed by atoms with Crippen molar-refractivity contribution in [3.05, 3.63) is 59.7 Å². The molecule has 138 valence electrons. The number of primary amides is 1. The van der Waals surface area contributed by atoms with E-state index in [4.69, 9.17) is 15.8 Å². The van der Waals surface area contributed by atoms with Gasteiger partial charge < -0.3 is 10.3 Å². The number of hydrogen-bond acceptors (Lipinski definition) is 4. The molecular formula is C20H22N6O. The topological polar surface area (TPSA) is 91.6 Å². The molecular weight excluding hydrogens is 340 g/mol. The quantitative estimate of drug-likeness (QED) is 0.723. The molecule has 27 heavy (non-hydrogen) atoms. The van der Waals surface area contributed by atoms with Gasteiger partial charge in [0, 0.05) is 24.4 Å². The maximum absolute atomic E-state index is 11.5. The fourth-order valence-corrected chi connectivity index (χ4v) is 4.23. The Bertz CT molecular complexity index is 1000. The zero-order chi connectivity index (χ0) is 18.4. The summed E-state index contributed by atoms with van der Waals surface area (Å²) in [6.07, 6.45) is 11.1. The first-order chi connectivity index (χ1) is 13.1. The normalized spacial score (nSPS) is 17.0. The lowest BCUT2D eigenvalue weighted by Gasteiger charge is -2.18. The number of benzene rings is 1. The standard InChI is InChI=1S/C20H22N6O/c21-17(27)11-18-23-19(20(7-8-20)12-25-10-9-22-13-25)26(24-18)16-6-2-4-14-3-1-5-15(14)16/h2,4,6,9-10,13H,1,3,5,7-8,11-12H2,(H2,21,27). The van der Waals surface area contributed by atoms with Crippen molar-refractivity contribution >= 4 is 5.91 Å². The van der Waals surface area contributed by atoms with E-state index in [1.165, 1.54) is 17.5 Å². The third-order valence-corrected chi connectivity index (χ3v) is 5.71. The van der Waals surface area contributed by atoms with E-state index in [2.05, 4.69) is 27.8 Å². The predicted octanol–water partition coefficient (Wildman–Crippen LogP) is 1.71. The summed E-state index contributed by atoms with van der Waals surface area (Å²) in [6.45, 7) is 0.816. The Kier molecular flexibility index (Phi) is 3.63. The number of fused-ring (bicyclic) bond motifs is 1. The van der Waals surface area contributed by atoms with Crippen LogP contribution in [0.3, 0.4) is 0 Å². The third-order valence-electron chi connectivity index (χ3n) is 5.71. The molecule has 7 heteroatoms. The van der Waals surface area contributed by atoms with Crippen molar-refractivity contribution in [2.75, 3.05) is 0 Å². The van der Waals surface area contributed by atoms with Gasteiger partial charge in [0.15, 0.2) is 5.82 Å². The average molecular weight is 362 g/mol. The molecule has 2 aliphatic rings. The van der Waals surface area contributed by atoms with E-state index < -0.39 is 5.91 Å². The molecule has 2 aliphatic carbocycles. The summed E-state index contributed by atoms with van der Waals surface area (Å²) >= 11 is 0. The lowest BCUT2D eigenvalue weighted by Crippen LogP contribution is -2.21. The van der Waals surface area contributed by atoms with Gasteiger partial charge in [0.2, 0.25) is 5.91 Å². The number of carbonyl (C=O) groups is 1. The van der Waals surface area contributed by atoms with Crippen molar-refractivity contribution in [3.63, 3.8) is 0 Å². The zero-order valence-electron chi connectivity index (χ0n) is 15.1. The summed E-state index contributed by atoms with van der Waals surface area (Å²) in [6, 6.07) is 6.41. The molecule has 0 radical (unpaired) electrons. The number of nitrogens with two attached hydrogens (primary N) is 1. The van der Waals surface area contributed by atoms with Crippen LogP contribution in [0.25, 0.3) is 5.69 Å². The van der Waals surface area contributed by atoms with Gasteiger partial charge in [-0.25, -0.2) is 14.6 Å². The number of aryl methyl sites for hydroxylation is 1. The van der Waals surface area contributed by atoms with Crippen molar-refractivity contribution < 1.29 is 4.79 Å². The summed E-state index contributed by atoms with van der Waals surface area (Å²) < 4.78 is 4.07. The van der Waals surface area contributed by atoms with Crippen LogP contribution in [0.4, 0.5) is 0 Å². The molecule has 0 unspecified atom stereocenters. The molecule has 0 aliphatic heterocycles. The molecule has 0 spiro atoms. The van der Waals surface area contributed by atoms with Crippen molar-refractivity contribution in [2.45, 2.75) is 50.5 Å². The lowest BCUT2D eigenvalue weighted by molar-refractivity contribution is -0.117. The molecule has 5 rings (SSSR count). The first-order valence-corrected chi connectivity index (χ1v) is 9.46. The van der Waals surface area contributed by atoms with Gasteiger partial charge in [-0.2, -0.15) is 5.10 Å². The Morgan fingerprint density at radius 2 is 2.15 bits per heavy atom. The van der Waals surface area contributed by atoms with Gasteiger partial charge in [-0.3, -0.25) is 4.79 Å². The molecule has 2 N–H and O–H groups in total. The number of amides is 1. The van der Waals surface area contributed by atoms with Crippen molar-refractivity contribution in [1.82, 2.24) is 24.3 Å². The van der Waals surface area contributed by atoms with Crippen LogP contribution in [0.2, 0.25) is 0 Å². The van der Waals surface area contributed by atoms with Crippen LogP contribution in [0.1, 0.15) is 42.0 Å². The molecule has 0 atom stereocenters. The Morgan fingerprint density at radius 1 is 1.26 bits per heavy atom. The largest absolute Gasteiger partial charge is 0.369 e. The molecule has 1 aromatic carbocycles. The summed E-state index contributed by atoms with van der Waals surface area (Å²) in [7, 11) is 0. The molecule has 2 aromatic heterocycles. The lowest BCUT2D eigenvalue weighted by atomic mass is 10.0. The molecule has 2 heterocycles. The van der Waals surface area contributed by atoms with Gasteiger partial charge >= 0.3 is 0 Å². The number of imidazole rings is 1. The van der Waals surface area contributed by atoms with E-state index in [0.29, 0.717) is 5.82 Å². The van der Waals surface area contributed by atoms with Crippen molar-refractivity contribution in [3.8, 4) is 5.69 Å². The Hall–Kier alpha value is -2.96. The first kappa shape index (κ1) is 16.2. The summed E-state index contributed by atoms with van der Waals surface area (Å²) in [5.74, 6) is 1.04. The highest BCUT2D eigenvalue weighted by molar-refractivity contribution is 5.75. The Labute approximate surface area is 157 Å². The number of hydrogen-bond donors (Lipinski definition) is 1. The van der Waals surface area contributed by atoms with Crippen molar-refractivity contribution in [2.24, 2.45) is 5.73 Å². The number of carbonyl (C=O) groups excluding carboxylic acids is 1. The third kappa shape index (κ3) is 2.83. The fourth-order valence-electron chi connectivity index (χ4n) is 4.23. The van der Waals surface area contributed by atoms with E-state index in [0.717, 1.165) is 43.7 Å². The highest BCUT2D eigenvalue weighted by Crippen LogP contribution is 2.49. The number of aromatic nitrogens is 5. The Morgan fingerprint density at radius 3 is 2.89 bits per heavy atom.